The first-order valence-electron chi connectivity index (χ1n) is 10.3. The van der Waals surface area contributed by atoms with E-state index in [-0.39, 0.29) is 0 Å². The van der Waals surface area contributed by atoms with Gasteiger partial charge in [-0.1, -0.05) is 30.3 Å². The largest absolute Gasteiger partial charge is 0.383 e. The van der Waals surface area contributed by atoms with Crippen molar-refractivity contribution in [3.8, 4) is 22.6 Å². The van der Waals surface area contributed by atoms with Gasteiger partial charge in [-0.2, -0.15) is 0 Å². The van der Waals surface area contributed by atoms with Crippen LogP contribution in [0.15, 0.2) is 60.8 Å². The molecule has 4 heterocycles. The lowest BCUT2D eigenvalue weighted by Crippen LogP contribution is -2.58. The van der Waals surface area contributed by atoms with Crippen molar-refractivity contribution in [3.05, 3.63) is 60.8 Å². The van der Waals surface area contributed by atoms with Crippen LogP contribution in [0.3, 0.4) is 0 Å². The Morgan fingerprint density at radius 3 is 2.43 bits per heavy atom. The van der Waals surface area contributed by atoms with Gasteiger partial charge < -0.3 is 16.1 Å². The highest BCUT2D eigenvalue weighted by Crippen LogP contribution is 2.29. The van der Waals surface area contributed by atoms with Crippen LogP contribution in [0, 0.1) is 0 Å². The van der Waals surface area contributed by atoms with Gasteiger partial charge in [0.1, 0.15) is 11.3 Å². The predicted octanol–water partition coefficient (Wildman–Crippen LogP) is 3.06. The minimum Gasteiger partial charge on any atom is -0.383 e. The number of nitrogen functional groups attached to an aromatic ring is 1. The summed E-state index contributed by atoms with van der Waals surface area (Å²) in [5.41, 5.74) is 10.7. The molecule has 0 amide bonds. The summed E-state index contributed by atoms with van der Waals surface area (Å²) in [6.45, 7) is 6.09. The monoisotopic (exact) mass is 399 g/mol. The molecular weight excluding hydrogens is 374 g/mol. The van der Waals surface area contributed by atoms with Gasteiger partial charge in [0.2, 0.25) is 0 Å². The quantitative estimate of drug-likeness (QED) is 0.551. The lowest BCUT2D eigenvalue weighted by atomic mass is 10.1. The summed E-state index contributed by atoms with van der Waals surface area (Å²) in [5, 5.41) is 5.90. The molecule has 1 aliphatic rings. The molecule has 4 aromatic rings. The van der Waals surface area contributed by atoms with Gasteiger partial charge in [-0.3, -0.25) is 0 Å². The van der Waals surface area contributed by atoms with Crippen molar-refractivity contribution in [2.45, 2.75) is 25.9 Å². The Labute approximate surface area is 175 Å². The maximum absolute atomic E-state index is 6.23. The van der Waals surface area contributed by atoms with E-state index in [0.717, 1.165) is 46.9 Å². The van der Waals surface area contributed by atoms with E-state index in [2.05, 4.69) is 46.0 Å². The van der Waals surface area contributed by atoms with Gasteiger partial charge in [0, 0.05) is 36.9 Å². The molecule has 1 fully saturated rings. The number of hydrogen-bond acceptors (Lipinski definition) is 6. The van der Waals surface area contributed by atoms with E-state index in [1.807, 2.05) is 42.5 Å². The summed E-state index contributed by atoms with van der Waals surface area (Å²) in [7, 11) is 0. The van der Waals surface area contributed by atoms with E-state index < -0.39 is 0 Å². The molecule has 1 unspecified atom stereocenters. The average molecular weight is 400 g/mol. The zero-order chi connectivity index (χ0) is 20.7. The van der Waals surface area contributed by atoms with Crippen molar-refractivity contribution < 1.29 is 0 Å². The van der Waals surface area contributed by atoms with Gasteiger partial charge in [0.05, 0.1) is 11.3 Å². The standard InChI is InChI=1S/C23H25N7/c1-15-13-29(14-16(2)26-15)30-22(18-9-6-12-25-21(18)24)28-20-11-10-19(27-23(20)30)17-7-4-3-5-8-17/h3-12,15-16,26H,13-14H2,1-2H3,(H2,24,25)/t15-,16?/m0/s1. The maximum Gasteiger partial charge on any atom is 0.180 e. The van der Waals surface area contributed by atoms with Crippen LogP contribution in [0.5, 0.6) is 0 Å². The van der Waals surface area contributed by atoms with E-state index >= 15 is 0 Å². The third-order valence-corrected chi connectivity index (χ3v) is 5.45. The number of anilines is 1. The van der Waals surface area contributed by atoms with E-state index in [1.54, 1.807) is 6.20 Å². The molecule has 3 N–H and O–H groups in total. The van der Waals surface area contributed by atoms with Crippen LogP contribution in [0.4, 0.5) is 5.82 Å². The third-order valence-electron chi connectivity index (χ3n) is 5.45. The number of rotatable bonds is 3. The first kappa shape index (κ1) is 18.6. The second kappa shape index (κ2) is 7.42. The lowest BCUT2D eigenvalue weighted by Gasteiger charge is -2.38. The van der Waals surface area contributed by atoms with Crippen LogP contribution in [0.25, 0.3) is 33.8 Å². The molecule has 7 nitrogen and oxygen atoms in total. The summed E-state index contributed by atoms with van der Waals surface area (Å²) in [6, 6.07) is 18.8. The number of imidazole rings is 1. The van der Waals surface area contributed by atoms with E-state index in [9.17, 15) is 0 Å². The highest BCUT2D eigenvalue weighted by atomic mass is 15.6. The van der Waals surface area contributed by atoms with Crippen molar-refractivity contribution in [2.24, 2.45) is 0 Å². The van der Waals surface area contributed by atoms with Gasteiger partial charge in [-0.05, 0) is 38.1 Å². The Kier molecular flexibility index (Phi) is 4.59. The highest BCUT2D eigenvalue weighted by molar-refractivity contribution is 5.82. The molecule has 1 aromatic carbocycles. The molecule has 7 heteroatoms. The number of nitrogens with two attached hydrogens (primary N) is 1. The number of aromatic nitrogens is 4. The van der Waals surface area contributed by atoms with E-state index in [4.69, 9.17) is 15.7 Å². The molecule has 0 aliphatic carbocycles. The molecule has 3 aromatic heterocycles. The van der Waals surface area contributed by atoms with Gasteiger partial charge in [-0.15, -0.1) is 0 Å². The second-order valence-electron chi connectivity index (χ2n) is 7.93. The summed E-state index contributed by atoms with van der Waals surface area (Å²) in [4.78, 5) is 14.2. The molecular formula is C23H25N7. The fourth-order valence-electron chi connectivity index (χ4n) is 4.23. The number of piperazine rings is 1. The first-order chi connectivity index (χ1) is 14.6. The topological polar surface area (TPSA) is 84.9 Å². The molecule has 0 spiro atoms. The Morgan fingerprint density at radius 2 is 1.70 bits per heavy atom. The van der Waals surface area contributed by atoms with Crippen LogP contribution >= 0.6 is 0 Å². The molecule has 5 rings (SSSR count). The predicted molar refractivity (Wildman–Crippen MR) is 121 cm³/mol. The van der Waals surface area contributed by atoms with E-state index in [0.29, 0.717) is 17.9 Å². The Bertz CT molecular complexity index is 1170. The zero-order valence-corrected chi connectivity index (χ0v) is 17.2. The maximum atomic E-state index is 6.23. The highest BCUT2D eigenvalue weighted by Gasteiger charge is 2.27. The van der Waals surface area contributed by atoms with Crippen molar-refractivity contribution in [2.75, 3.05) is 23.8 Å². The van der Waals surface area contributed by atoms with Gasteiger partial charge in [0.15, 0.2) is 11.5 Å². The summed E-state index contributed by atoms with van der Waals surface area (Å²) in [5.74, 6) is 1.24. The molecule has 2 atom stereocenters. The molecule has 0 bridgehead atoms. The number of pyridine rings is 2. The number of hydrogen-bond donors (Lipinski definition) is 2. The Balaban J connectivity index is 1.74. The Morgan fingerprint density at radius 1 is 0.933 bits per heavy atom. The van der Waals surface area contributed by atoms with Gasteiger partial charge in [0.25, 0.3) is 0 Å². The lowest BCUT2D eigenvalue weighted by molar-refractivity contribution is 0.363. The second-order valence-corrected chi connectivity index (χ2v) is 7.93. The van der Waals surface area contributed by atoms with Crippen molar-refractivity contribution in [1.82, 2.24) is 24.9 Å². The van der Waals surface area contributed by atoms with Crippen molar-refractivity contribution in [3.63, 3.8) is 0 Å². The molecule has 1 saturated heterocycles. The molecule has 152 valence electrons. The summed E-state index contributed by atoms with van der Waals surface area (Å²) in [6.07, 6.45) is 1.70. The van der Waals surface area contributed by atoms with Crippen LogP contribution < -0.4 is 16.1 Å². The van der Waals surface area contributed by atoms with Gasteiger partial charge in [-0.25, -0.2) is 19.6 Å². The van der Waals surface area contributed by atoms with Crippen molar-refractivity contribution in [1.29, 1.82) is 0 Å². The van der Waals surface area contributed by atoms with Crippen LogP contribution in [-0.2, 0) is 0 Å². The fraction of sp³-hybridized carbons (Fsp3) is 0.261. The third kappa shape index (κ3) is 3.27. The first-order valence-corrected chi connectivity index (χ1v) is 10.3. The summed E-state index contributed by atoms with van der Waals surface area (Å²) >= 11 is 0. The van der Waals surface area contributed by atoms with E-state index in [1.165, 1.54) is 0 Å². The minimum absolute atomic E-state index is 0.350. The average Bonchev–Trinajstić information content (AvgIpc) is 3.12. The number of nitrogens with one attached hydrogen (secondary N) is 1. The van der Waals surface area contributed by atoms with Crippen molar-refractivity contribution >= 4 is 17.0 Å². The van der Waals surface area contributed by atoms with Crippen LogP contribution in [0.1, 0.15) is 13.8 Å². The molecule has 1 aliphatic heterocycles. The fourth-order valence-corrected chi connectivity index (χ4v) is 4.23. The number of benzene rings is 1. The summed E-state index contributed by atoms with van der Waals surface area (Å²) < 4.78 is 2.13. The molecule has 0 saturated carbocycles. The normalized spacial score (nSPS) is 19.3. The zero-order valence-electron chi connectivity index (χ0n) is 17.2. The smallest absolute Gasteiger partial charge is 0.180 e. The van der Waals surface area contributed by atoms with Crippen LogP contribution in [-0.4, -0.2) is 44.8 Å². The SMILES string of the molecule is CC1CN(n2c(-c3cccnc3N)nc3ccc(-c4ccccc4)nc32)C[C@H](C)N1. The van der Waals surface area contributed by atoms with Gasteiger partial charge >= 0.3 is 0 Å². The minimum atomic E-state index is 0.350. The molecule has 30 heavy (non-hydrogen) atoms. The Hall–Kier alpha value is -3.45. The number of nitrogens with zero attached hydrogens (tertiary/aromatic N) is 5. The number of fused-ring (bicyclic) bond motifs is 1. The van der Waals surface area contributed by atoms with Crippen LogP contribution in [0.2, 0.25) is 0 Å². The molecule has 0 radical (unpaired) electrons.